The molecule has 1 aliphatic heterocycles. The van der Waals surface area contributed by atoms with E-state index in [0.29, 0.717) is 12.3 Å². The summed E-state index contributed by atoms with van der Waals surface area (Å²) >= 11 is 6.45. The van der Waals surface area contributed by atoms with Crippen molar-refractivity contribution < 1.29 is 9.90 Å². The van der Waals surface area contributed by atoms with Gasteiger partial charge in [-0.3, -0.25) is 4.79 Å². The second-order valence-corrected chi connectivity index (χ2v) is 7.21. The minimum atomic E-state index is -0.780. The van der Waals surface area contributed by atoms with E-state index in [0.717, 1.165) is 36.5 Å². The van der Waals surface area contributed by atoms with Crippen LogP contribution in [0.2, 0.25) is 5.02 Å². The number of likely N-dealkylation sites (tertiary alicyclic amines) is 1. The molecule has 0 aromatic heterocycles. The van der Waals surface area contributed by atoms with E-state index >= 15 is 0 Å². The van der Waals surface area contributed by atoms with Gasteiger partial charge in [0.1, 0.15) is 0 Å². The average molecular weight is 310 g/mol. The molecule has 3 nitrogen and oxygen atoms in total. The van der Waals surface area contributed by atoms with E-state index in [9.17, 15) is 9.90 Å². The van der Waals surface area contributed by atoms with Gasteiger partial charge in [0, 0.05) is 5.02 Å². The topological polar surface area (TPSA) is 40.5 Å². The van der Waals surface area contributed by atoms with Crippen LogP contribution in [-0.4, -0.2) is 36.1 Å². The molecule has 2 rings (SSSR count). The fraction of sp³-hybridized carbons (Fsp3) is 0.588. The average Bonchev–Trinajstić information content (AvgIpc) is 2.39. The summed E-state index contributed by atoms with van der Waals surface area (Å²) in [4.78, 5) is 13.6. The number of rotatable bonds is 4. The molecule has 116 valence electrons. The van der Waals surface area contributed by atoms with Crippen molar-refractivity contribution in [2.45, 2.75) is 39.0 Å². The first-order chi connectivity index (χ1) is 9.79. The van der Waals surface area contributed by atoms with Crippen LogP contribution >= 0.6 is 11.6 Å². The second-order valence-electron chi connectivity index (χ2n) is 6.80. The van der Waals surface area contributed by atoms with Gasteiger partial charge in [-0.05, 0) is 76.4 Å². The standard InChI is InChI=1S/C17H24ClNO2/c1-17(2,16(20)21)11-12-4-5-14(15(18)10-12)13-6-8-19(3)9-7-13/h4-5,10,13H,6-9,11H2,1-3H3,(H,20,21). The van der Waals surface area contributed by atoms with Crippen LogP contribution < -0.4 is 0 Å². The minimum Gasteiger partial charge on any atom is -0.481 e. The van der Waals surface area contributed by atoms with Crippen molar-refractivity contribution in [1.29, 1.82) is 0 Å². The monoisotopic (exact) mass is 309 g/mol. The van der Waals surface area contributed by atoms with E-state index in [1.165, 1.54) is 5.56 Å². The molecular weight excluding hydrogens is 286 g/mol. The number of hydrogen-bond donors (Lipinski definition) is 1. The van der Waals surface area contributed by atoms with Crippen molar-refractivity contribution in [3.63, 3.8) is 0 Å². The SMILES string of the molecule is CN1CCC(c2ccc(CC(C)(C)C(=O)O)cc2Cl)CC1. The minimum absolute atomic E-state index is 0.496. The van der Waals surface area contributed by atoms with Gasteiger partial charge in [-0.15, -0.1) is 0 Å². The highest BCUT2D eigenvalue weighted by atomic mass is 35.5. The largest absolute Gasteiger partial charge is 0.481 e. The number of benzene rings is 1. The summed E-state index contributed by atoms with van der Waals surface area (Å²) in [5, 5.41) is 10.00. The first-order valence-electron chi connectivity index (χ1n) is 7.50. The molecule has 21 heavy (non-hydrogen) atoms. The summed E-state index contributed by atoms with van der Waals surface area (Å²) in [7, 11) is 2.15. The zero-order chi connectivity index (χ0) is 15.6. The Morgan fingerprint density at radius 2 is 2.00 bits per heavy atom. The van der Waals surface area contributed by atoms with Crippen molar-refractivity contribution in [3.8, 4) is 0 Å². The number of carboxylic acids is 1. The first kappa shape index (κ1) is 16.3. The molecular formula is C17H24ClNO2. The molecule has 1 aromatic rings. The van der Waals surface area contributed by atoms with Crippen LogP contribution in [0.15, 0.2) is 18.2 Å². The highest BCUT2D eigenvalue weighted by Gasteiger charge is 2.28. The summed E-state index contributed by atoms with van der Waals surface area (Å²) in [6.07, 6.45) is 2.77. The smallest absolute Gasteiger partial charge is 0.309 e. The highest BCUT2D eigenvalue weighted by molar-refractivity contribution is 6.31. The van der Waals surface area contributed by atoms with Crippen LogP contribution in [0.5, 0.6) is 0 Å². The van der Waals surface area contributed by atoms with Gasteiger partial charge in [-0.1, -0.05) is 23.7 Å². The number of piperidine rings is 1. The molecule has 0 spiro atoms. The molecule has 0 atom stereocenters. The van der Waals surface area contributed by atoms with Crippen LogP contribution in [-0.2, 0) is 11.2 Å². The molecule has 0 bridgehead atoms. The highest BCUT2D eigenvalue weighted by Crippen LogP contribution is 2.34. The first-order valence-corrected chi connectivity index (χ1v) is 7.87. The summed E-state index contributed by atoms with van der Waals surface area (Å²) in [5.74, 6) is -0.256. The summed E-state index contributed by atoms with van der Waals surface area (Å²) < 4.78 is 0. The van der Waals surface area contributed by atoms with E-state index in [-0.39, 0.29) is 0 Å². The van der Waals surface area contributed by atoms with Gasteiger partial charge in [0.05, 0.1) is 5.41 Å². The van der Waals surface area contributed by atoms with E-state index in [1.54, 1.807) is 13.8 Å². The summed E-state index contributed by atoms with van der Waals surface area (Å²) in [6, 6.07) is 6.07. The third-order valence-corrected chi connectivity index (χ3v) is 4.78. The van der Waals surface area contributed by atoms with Crippen LogP contribution in [0.4, 0.5) is 0 Å². The number of nitrogens with zero attached hydrogens (tertiary/aromatic N) is 1. The van der Waals surface area contributed by atoms with Crippen molar-refractivity contribution in [2.24, 2.45) is 5.41 Å². The quantitative estimate of drug-likeness (QED) is 0.919. The molecule has 4 heteroatoms. The predicted octanol–water partition coefficient (Wildman–Crippen LogP) is 3.80. The van der Waals surface area contributed by atoms with Gasteiger partial charge in [-0.25, -0.2) is 0 Å². The molecule has 0 amide bonds. The Morgan fingerprint density at radius 1 is 1.38 bits per heavy atom. The normalized spacial score (nSPS) is 17.9. The lowest BCUT2D eigenvalue weighted by molar-refractivity contribution is -0.146. The Bertz CT molecular complexity index is 520. The lowest BCUT2D eigenvalue weighted by Gasteiger charge is -2.30. The fourth-order valence-corrected chi connectivity index (χ4v) is 3.27. The zero-order valence-electron chi connectivity index (χ0n) is 13.0. The van der Waals surface area contributed by atoms with E-state index < -0.39 is 11.4 Å². The molecule has 1 fully saturated rings. The van der Waals surface area contributed by atoms with Crippen molar-refractivity contribution >= 4 is 17.6 Å². The Balaban J connectivity index is 2.12. The van der Waals surface area contributed by atoms with Crippen LogP contribution in [0.3, 0.4) is 0 Å². The van der Waals surface area contributed by atoms with Gasteiger partial charge < -0.3 is 10.0 Å². The predicted molar refractivity (Wildman–Crippen MR) is 86.0 cm³/mol. The number of halogens is 1. The van der Waals surface area contributed by atoms with Crippen molar-refractivity contribution in [2.75, 3.05) is 20.1 Å². The second kappa shape index (κ2) is 6.37. The van der Waals surface area contributed by atoms with Crippen molar-refractivity contribution in [3.05, 3.63) is 34.3 Å². The summed E-state index contributed by atoms with van der Waals surface area (Å²) in [6.45, 7) is 5.70. The molecule has 0 aliphatic carbocycles. The molecule has 0 unspecified atom stereocenters. The zero-order valence-corrected chi connectivity index (χ0v) is 13.8. The molecule has 1 saturated heterocycles. The molecule has 1 aliphatic rings. The molecule has 0 saturated carbocycles. The van der Waals surface area contributed by atoms with Gasteiger partial charge in [0.2, 0.25) is 0 Å². The van der Waals surface area contributed by atoms with Crippen LogP contribution in [0, 0.1) is 5.41 Å². The van der Waals surface area contributed by atoms with Gasteiger partial charge in [0.25, 0.3) is 0 Å². The van der Waals surface area contributed by atoms with Crippen LogP contribution in [0.1, 0.15) is 43.7 Å². The third-order valence-electron chi connectivity index (χ3n) is 4.45. The Labute approximate surface area is 131 Å². The number of aliphatic carboxylic acids is 1. The number of carbonyl (C=O) groups is 1. The lowest BCUT2D eigenvalue weighted by Crippen LogP contribution is -2.29. The van der Waals surface area contributed by atoms with Gasteiger partial charge in [-0.2, -0.15) is 0 Å². The van der Waals surface area contributed by atoms with E-state index in [1.807, 2.05) is 12.1 Å². The fourth-order valence-electron chi connectivity index (χ4n) is 2.92. The number of carboxylic acid groups (broad SMARTS) is 1. The molecule has 0 radical (unpaired) electrons. The summed E-state index contributed by atoms with van der Waals surface area (Å²) in [5.41, 5.74) is 1.43. The van der Waals surface area contributed by atoms with Gasteiger partial charge in [0.15, 0.2) is 0 Å². The Morgan fingerprint density at radius 3 is 2.52 bits per heavy atom. The van der Waals surface area contributed by atoms with Crippen molar-refractivity contribution in [1.82, 2.24) is 4.90 Å². The maximum atomic E-state index is 11.2. The van der Waals surface area contributed by atoms with E-state index in [2.05, 4.69) is 18.0 Å². The Hall–Kier alpha value is -1.06. The molecule has 1 aromatic carbocycles. The van der Waals surface area contributed by atoms with Crippen LogP contribution in [0.25, 0.3) is 0 Å². The van der Waals surface area contributed by atoms with E-state index in [4.69, 9.17) is 11.6 Å². The number of hydrogen-bond acceptors (Lipinski definition) is 2. The lowest BCUT2D eigenvalue weighted by atomic mass is 9.84. The molecule has 1 N–H and O–H groups in total. The third kappa shape index (κ3) is 3.98. The Kier molecular flexibility index (Phi) is 4.95. The molecule has 1 heterocycles. The van der Waals surface area contributed by atoms with Gasteiger partial charge >= 0.3 is 5.97 Å². The maximum Gasteiger partial charge on any atom is 0.309 e. The maximum absolute atomic E-state index is 11.2.